The van der Waals surface area contributed by atoms with Crippen LogP contribution in [0.1, 0.15) is 25.3 Å². The van der Waals surface area contributed by atoms with E-state index in [0.29, 0.717) is 6.54 Å². The highest BCUT2D eigenvalue weighted by molar-refractivity contribution is 9.10. The Labute approximate surface area is 146 Å². The maximum Gasteiger partial charge on any atom is 0.239 e. The van der Waals surface area contributed by atoms with Gasteiger partial charge in [0.25, 0.3) is 0 Å². The highest BCUT2D eigenvalue weighted by Crippen LogP contribution is 2.22. The molecule has 0 unspecified atom stereocenters. The van der Waals surface area contributed by atoms with E-state index < -0.39 is 0 Å². The van der Waals surface area contributed by atoms with Crippen LogP contribution in [0.3, 0.4) is 0 Å². The number of likely N-dealkylation sites (N-methyl/N-ethyl adjacent to an activating group) is 1. The molecule has 0 bridgehead atoms. The van der Waals surface area contributed by atoms with Crippen molar-refractivity contribution in [3.63, 3.8) is 0 Å². The summed E-state index contributed by atoms with van der Waals surface area (Å²) in [6.07, 6.45) is 1.65. The molecular formula is C17H24BrN3O2. The van der Waals surface area contributed by atoms with Gasteiger partial charge in [-0.15, -0.1) is 0 Å². The molecule has 0 spiro atoms. The number of carbonyl (C=O) groups is 2. The van der Waals surface area contributed by atoms with E-state index in [1.807, 2.05) is 42.0 Å². The average Bonchev–Trinajstić information content (AvgIpc) is 2.47. The Balaban J connectivity index is 1.84. The topological polar surface area (TPSA) is 52.7 Å². The van der Waals surface area contributed by atoms with Crippen LogP contribution < -0.4 is 10.2 Å². The van der Waals surface area contributed by atoms with Crippen molar-refractivity contribution >= 4 is 33.4 Å². The zero-order chi connectivity index (χ0) is 17.0. The second kappa shape index (κ2) is 7.81. The molecule has 0 aromatic heterocycles. The van der Waals surface area contributed by atoms with Crippen molar-refractivity contribution in [2.45, 2.75) is 32.7 Å². The number of aryl methyl sites for hydroxylation is 1. The number of anilines is 1. The molecule has 0 radical (unpaired) electrons. The molecule has 0 aliphatic carbocycles. The maximum absolute atomic E-state index is 12.2. The Hall–Kier alpha value is -1.56. The van der Waals surface area contributed by atoms with Gasteiger partial charge in [0, 0.05) is 43.3 Å². The summed E-state index contributed by atoms with van der Waals surface area (Å²) >= 11 is 3.45. The molecule has 1 aliphatic heterocycles. The van der Waals surface area contributed by atoms with Crippen molar-refractivity contribution in [3.05, 3.63) is 28.2 Å². The molecule has 1 aromatic rings. The fourth-order valence-corrected chi connectivity index (χ4v) is 3.44. The van der Waals surface area contributed by atoms with Gasteiger partial charge in [0.05, 0.1) is 6.54 Å². The summed E-state index contributed by atoms with van der Waals surface area (Å²) < 4.78 is 1.04. The molecule has 1 heterocycles. The smallest absolute Gasteiger partial charge is 0.239 e. The second-order valence-corrected chi connectivity index (χ2v) is 7.05. The van der Waals surface area contributed by atoms with Crippen molar-refractivity contribution in [3.8, 4) is 0 Å². The number of amides is 2. The molecule has 1 fully saturated rings. The van der Waals surface area contributed by atoms with Crippen LogP contribution in [0.5, 0.6) is 0 Å². The normalized spacial score (nSPS) is 15.4. The number of piperidine rings is 1. The SMILES string of the molecule is CC(=O)N1CCC(NC(=O)CN(C)c2ccc(Br)cc2C)CC1. The summed E-state index contributed by atoms with van der Waals surface area (Å²) in [5.74, 6) is 0.135. The van der Waals surface area contributed by atoms with Gasteiger partial charge in [-0.25, -0.2) is 0 Å². The van der Waals surface area contributed by atoms with E-state index in [-0.39, 0.29) is 17.9 Å². The third-order valence-corrected chi connectivity index (χ3v) is 4.75. The molecule has 0 saturated carbocycles. The van der Waals surface area contributed by atoms with E-state index in [4.69, 9.17) is 0 Å². The van der Waals surface area contributed by atoms with Gasteiger partial charge in [-0.1, -0.05) is 15.9 Å². The number of benzene rings is 1. The van der Waals surface area contributed by atoms with Gasteiger partial charge in [-0.3, -0.25) is 9.59 Å². The van der Waals surface area contributed by atoms with Crippen LogP contribution in [0, 0.1) is 6.92 Å². The Morgan fingerprint density at radius 3 is 2.57 bits per heavy atom. The molecule has 23 heavy (non-hydrogen) atoms. The van der Waals surface area contributed by atoms with Gasteiger partial charge < -0.3 is 15.1 Å². The van der Waals surface area contributed by atoms with Crippen LogP contribution in [0.15, 0.2) is 22.7 Å². The van der Waals surface area contributed by atoms with Crippen LogP contribution >= 0.6 is 15.9 Å². The lowest BCUT2D eigenvalue weighted by Crippen LogP contribution is -2.48. The molecule has 2 amide bonds. The highest BCUT2D eigenvalue weighted by atomic mass is 79.9. The molecule has 126 valence electrons. The number of likely N-dealkylation sites (tertiary alicyclic amines) is 1. The monoisotopic (exact) mass is 381 g/mol. The zero-order valence-electron chi connectivity index (χ0n) is 13.9. The molecule has 1 aliphatic rings. The molecule has 5 nitrogen and oxygen atoms in total. The number of hydrogen-bond donors (Lipinski definition) is 1. The molecule has 1 saturated heterocycles. The van der Waals surface area contributed by atoms with Crippen molar-refractivity contribution in [2.24, 2.45) is 0 Å². The standard InChI is InChI=1S/C17H24BrN3O2/c1-12-10-14(18)4-5-16(12)20(3)11-17(23)19-15-6-8-21(9-7-15)13(2)22/h4-5,10,15H,6-9,11H2,1-3H3,(H,19,23). The highest BCUT2D eigenvalue weighted by Gasteiger charge is 2.22. The predicted octanol–water partition coefficient (Wildman–Crippen LogP) is 2.32. The van der Waals surface area contributed by atoms with Crippen LogP contribution in [-0.4, -0.2) is 49.4 Å². The number of carbonyl (C=O) groups excluding carboxylic acids is 2. The van der Waals surface area contributed by atoms with Crippen molar-refractivity contribution in [2.75, 3.05) is 31.6 Å². The average molecular weight is 382 g/mol. The van der Waals surface area contributed by atoms with E-state index >= 15 is 0 Å². The first kappa shape index (κ1) is 17.8. The quantitative estimate of drug-likeness (QED) is 0.870. The minimum absolute atomic E-state index is 0.0242. The van der Waals surface area contributed by atoms with Crippen molar-refractivity contribution in [1.82, 2.24) is 10.2 Å². The first-order valence-electron chi connectivity index (χ1n) is 7.89. The van der Waals surface area contributed by atoms with E-state index in [2.05, 4.69) is 21.2 Å². The van der Waals surface area contributed by atoms with Gasteiger partial charge >= 0.3 is 0 Å². The van der Waals surface area contributed by atoms with E-state index in [1.165, 1.54) is 0 Å². The van der Waals surface area contributed by atoms with Crippen LogP contribution in [0.2, 0.25) is 0 Å². The molecule has 2 rings (SSSR count). The van der Waals surface area contributed by atoms with E-state index in [1.54, 1.807) is 6.92 Å². The summed E-state index contributed by atoms with van der Waals surface area (Å²) in [5.41, 5.74) is 2.18. The molecule has 0 atom stereocenters. The van der Waals surface area contributed by atoms with E-state index in [9.17, 15) is 9.59 Å². The summed E-state index contributed by atoms with van der Waals surface area (Å²) in [4.78, 5) is 27.4. The largest absolute Gasteiger partial charge is 0.365 e. The number of nitrogens with zero attached hydrogens (tertiary/aromatic N) is 2. The third-order valence-electron chi connectivity index (χ3n) is 4.26. The van der Waals surface area contributed by atoms with Crippen LogP contribution in [0.4, 0.5) is 5.69 Å². The Bertz CT molecular complexity index is 583. The van der Waals surface area contributed by atoms with Crippen LogP contribution in [0.25, 0.3) is 0 Å². The molecular weight excluding hydrogens is 358 g/mol. The lowest BCUT2D eigenvalue weighted by molar-refractivity contribution is -0.130. The Kier molecular flexibility index (Phi) is 6.04. The third kappa shape index (κ3) is 4.96. The molecule has 6 heteroatoms. The minimum atomic E-state index is 0.0242. The number of hydrogen-bond acceptors (Lipinski definition) is 3. The Morgan fingerprint density at radius 1 is 1.35 bits per heavy atom. The van der Waals surface area contributed by atoms with Gasteiger partial charge in [0.1, 0.15) is 0 Å². The van der Waals surface area contributed by atoms with Gasteiger partial charge in [-0.2, -0.15) is 0 Å². The predicted molar refractivity (Wildman–Crippen MR) is 95.6 cm³/mol. The van der Waals surface area contributed by atoms with Crippen molar-refractivity contribution in [1.29, 1.82) is 0 Å². The lowest BCUT2D eigenvalue weighted by Gasteiger charge is -2.32. The summed E-state index contributed by atoms with van der Waals surface area (Å²) in [7, 11) is 1.92. The fraction of sp³-hybridized carbons (Fsp3) is 0.529. The fourth-order valence-electron chi connectivity index (χ4n) is 2.96. The number of rotatable bonds is 4. The van der Waals surface area contributed by atoms with Crippen LogP contribution in [-0.2, 0) is 9.59 Å². The summed E-state index contributed by atoms with van der Waals surface area (Å²) in [6.45, 7) is 5.40. The maximum atomic E-state index is 12.2. The Morgan fingerprint density at radius 2 is 2.00 bits per heavy atom. The number of nitrogens with one attached hydrogen (secondary N) is 1. The first-order chi connectivity index (χ1) is 10.9. The zero-order valence-corrected chi connectivity index (χ0v) is 15.5. The number of halogens is 1. The first-order valence-corrected chi connectivity index (χ1v) is 8.68. The van der Waals surface area contributed by atoms with Gasteiger partial charge in [0.15, 0.2) is 0 Å². The van der Waals surface area contributed by atoms with Gasteiger partial charge in [-0.05, 0) is 43.5 Å². The molecule has 1 aromatic carbocycles. The van der Waals surface area contributed by atoms with E-state index in [0.717, 1.165) is 41.7 Å². The minimum Gasteiger partial charge on any atom is -0.365 e. The summed E-state index contributed by atoms with van der Waals surface area (Å²) in [5, 5.41) is 3.08. The lowest BCUT2D eigenvalue weighted by atomic mass is 10.0. The van der Waals surface area contributed by atoms with Gasteiger partial charge in [0.2, 0.25) is 11.8 Å². The second-order valence-electron chi connectivity index (χ2n) is 6.13. The summed E-state index contributed by atoms with van der Waals surface area (Å²) in [6, 6.07) is 6.20. The molecule has 1 N–H and O–H groups in total. The van der Waals surface area contributed by atoms with Crippen molar-refractivity contribution < 1.29 is 9.59 Å².